The van der Waals surface area contributed by atoms with Crippen molar-refractivity contribution in [1.82, 2.24) is 0 Å². The smallest absolute Gasteiger partial charge is 0.450 e. The number of carbonyl (C=O) groups is 1. The van der Waals surface area contributed by atoms with E-state index in [1.165, 1.54) is 38.5 Å². The topological polar surface area (TPSA) is 55.8 Å². The van der Waals surface area contributed by atoms with Gasteiger partial charge in [0.05, 0.1) is 12.2 Å². The van der Waals surface area contributed by atoms with Gasteiger partial charge in [0.25, 0.3) is 0 Å². The molecule has 0 aromatic carbocycles. The molecular weight excluding hydrogens is 220 g/mol. The molecule has 0 aromatic heterocycles. The van der Waals surface area contributed by atoms with E-state index >= 15 is 0 Å². The SMILES string of the molecule is O=C(O)OCCOC12CC3CC(CC(C3)C1)C2. The van der Waals surface area contributed by atoms with Crippen LogP contribution in [0.1, 0.15) is 38.5 Å². The average Bonchev–Trinajstić information content (AvgIpc) is 2.22. The summed E-state index contributed by atoms with van der Waals surface area (Å²) in [5, 5.41) is 8.40. The molecule has 0 aromatic rings. The fourth-order valence-electron chi connectivity index (χ4n) is 4.60. The fourth-order valence-corrected chi connectivity index (χ4v) is 4.60. The summed E-state index contributed by atoms with van der Waals surface area (Å²) in [4.78, 5) is 10.2. The lowest BCUT2D eigenvalue weighted by atomic mass is 9.54. The second-order valence-corrected chi connectivity index (χ2v) is 6.06. The monoisotopic (exact) mass is 240 g/mol. The van der Waals surface area contributed by atoms with Crippen LogP contribution in [0.15, 0.2) is 0 Å². The summed E-state index contributed by atoms with van der Waals surface area (Å²) < 4.78 is 10.5. The quantitative estimate of drug-likeness (QED) is 0.606. The van der Waals surface area contributed by atoms with Crippen LogP contribution in [-0.2, 0) is 9.47 Å². The van der Waals surface area contributed by atoms with Crippen LogP contribution in [0, 0.1) is 17.8 Å². The first-order chi connectivity index (χ1) is 8.15. The summed E-state index contributed by atoms with van der Waals surface area (Å²) >= 11 is 0. The Morgan fingerprint density at radius 2 is 1.59 bits per heavy atom. The Labute approximate surface area is 101 Å². The van der Waals surface area contributed by atoms with Gasteiger partial charge in [0.15, 0.2) is 0 Å². The summed E-state index contributed by atoms with van der Waals surface area (Å²) in [6.45, 7) is 0.579. The highest BCUT2D eigenvalue weighted by Gasteiger charge is 2.51. The van der Waals surface area contributed by atoms with Crippen LogP contribution in [-0.4, -0.2) is 30.1 Å². The van der Waals surface area contributed by atoms with Gasteiger partial charge in [0.2, 0.25) is 0 Å². The zero-order chi connectivity index (χ0) is 11.9. The average molecular weight is 240 g/mol. The van der Waals surface area contributed by atoms with Crippen molar-refractivity contribution < 1.29 is 19.4 Å². The first-order valence-electron chi connectivity index (χ1n) is 6.65. The Hall–Kier alpha value is -0.770. The fraction of sp³-hybridized carbons (Fsp3) is 0.923. The molecule has 0 saturated heterocycles. The second-order valence-electron chi connectivity index (χ2n) is 6.06. The standard InChI is InChI=1S/C13H20O4/c14-12(15)16-1-2-17-13-6-9-3-10(7-13)5-11(4-9)8-13/h9-11H,1-8H2,(H,14,15). The van der Waals surface area contributed by atoms with Gasteiger partial charge < -0.3 is 14.6 Å². The van der Waals surface area contributed by atoms with Crippen molar-refractivity contribution in [2.24, 2.45) is 17.8 Å². The Bertz CT molecular complexity index is 277. The molecule has 0 atom stereocenters. The molecule has 4 heteroatoms. The molecule has 0 radical (unpaired) electrons. The van der Waals surface area contributed by atoms with Crippen LogP contribution in [0.2, 0.25) is 0 Å². The van der Waals surface area contributed by atoms with E-state index in [1.54, 1.807) is 0 Å². The van der Waals surface area contributed by atoms with Crippen molar-refractivity contribution >= 4 is 6.16 Å². The van der Waals surface area contributed by atoms with Gasteiger partial charge in [0, 0.05) is 0 Å². The number of rotatable bonds is 4. The Morgan fingerprint density at radius 1 is 1.06 bits per heavy atom. The summed E-state index contributed by atoms with van der Waals surface area (Å²) in [6, 6.07) is 0. The van der Waals surface area contributed by atoms with E-state index < -0.39 is 6.16 Å². The molecule has 4 aliphatic carbocycles. The number of hydrogen-bond acceptors (Lipinski definition) is 3. The highest BCUT2D eigenvalue weighted by Crippen LogP contribution is 2.56. The molecule has 0 spiro atoms. The Morgan fingerprint density at radius 3 is 2.06 bits per heavy atom. The third kappa shape index (κ3) is 2.28. The van der Waals surface area contributed by atoms with Crippen molar-refractivity contribution in [3.63, 3.8) is 0 Å². The third-order valence-corrected chi connectivity index (χ3v) is 4.70. The minimum Gasteiger partial charge on any atom is -0.450 e. The van der Waals surface area contributed by atoms with Crippen molar-refractivity contribution in [3.05, 3.63) is 0 Å². The normalized spacial score (nSPS) is 42.7. The molecule has 4 aliphatic rings. The van der Waals surface area contributed by atoms with E-state index in [4.69, 9.17) is 9.84 Å². The predicted octanol–water partition coefficient (Wildman–Crippen LogP) is 2.67. The van der Waals surface area contributed by atoms with Gasteiger partial charge in [-0.05, 0) is 56.3 Å². The highest BCUT2D eigenvalue weighted by atomic mass is 16.7. The molecule has 4 saturated carbocycles. The number of carboxylic acid groups (broad SMARTS) is 1. The largest absolute Gasteiger partial charge is 0.505 e. The van der Waals surface area contributed by atoms with Crippen LogP contribution in [0.3, 0.4) is 0 Å². The van der Waals surface area contributed by atoms with Crippen LogP contribution in [0.25, 0.3) is 0 Å². The molecule has 0 amide bonds. The van der Waals surface area contributed by atoms with E-state index in [9.17, 15) is 4.79 Å². The molecule has 1 N–H and O–H groups in total. The minimum atomic E-state index is -1.21. The molecule has 4 bridgehead atoms. The maximum atomic E-state index is 10.2. The molecule has 0 heterocycles. The van der Waals surface area contributed by atoms with E-state index in [-0.39, 0.29) is 12.2 Å². The lowest BCUT2D eigenvalue weighted by Crippen LogP contribution is -2.52. The predicted molar refractivity (Wildman–Crippen MR) is 60.8 cm³/mol. The van der Waals surface area contributed by atoms with Gasteiger partial charge in [-0.25, -0.2) is 4.79 Å². The zero-order valence-electron chi connectivity index (χ0n) is 10.1. The first-order valence-corrected chi connectivity index (χ1v) is 6.65. The van der Waals surface area contributed by atoms with Gasteiger partial charge in [-0.3, -0.25) is 0 Å². The summed E-state index contributed by atoms with van der Waals surface area (Å²) in [5.41, 5.74) is 0.0661. The van der Waals surface area contributed by atoms with Gasteiger partial charge in [-0.2, -0.15) is 0 Å². The summed E-state index contributed by atoms with van der Waals surface area (Å²) in [7, 11) is 0. The van der Waals surface area contributed by atoms with Crippen LogP contribution in [0.5, 0.6) is 0 Å². The molecule has 96 valence electrons. The molecule has 0 aliphatic heterocycles. The molecule has 0 unspecified atom stereocenters. The van der Waals surface area contributed by atoms with E-state index in [1.807, 2.05) is 0 Å². The third-order valence-electron chi connectivity index (χ3n) is 4.70. The van der Waals surface area contributed by atoms with Crippen LogP contribution in [0.4, 0.5) is 4.79 Å². The maximum Gasteiger partial charge on any atom is 0.505 e. The first kappa shape index (κ1) is 11.3. The van der Waals surface area contributed by atoms with Gasteiger partial charge in [0.1, 0.15) is 6.61 Å². The van der Waals surface area contributed by atoms with Gasteiger partial charge in [-0.15, -0.1) is 0 Å². The molecule has 4 nitrogen and oxygen atoms in total. The lowest BCUT2D eigenvalue weighted by Gasteiger charge is -2.56. The molecule has 4 rings (SSSR count). The van der Waals surface area contributed by atoms with E-state index in [0.717, 1.165) is 17.8 Å². The van der Waals surface area contributed by atoms with Crippen molar-refractivity contribution in [1.29, 1.82) is 0 Å². The molecular formula is C13H20O4. The van der Waals surface area contributed by atoms with Crippen molar-refractivity contribution in [2.45, 2.75) is 44.1 Å². The van der Waals surface area contributed by atoms with Crippen LogP contribution < -0.4 is 0 Å². The number of ether oxygens (including phenoxy) is 2. The van der Waals surface area contributed by atoms with Crippen molar-refractivity contribution in [2.75, 3.05) is 13.2 Å². The number of hydrogen-bond donors (Lipinski definition) is 1. The molecule has 17 heavy (non-hydrogen) atoms. The van der Waals surface area contributed by atoms with Gasteiger partial charge in [-0.1, -0.05) is 0 Å². The lowest BCUT2D eigenvalue weighted by molar-refractivity contribution is -0.167. The maximum absolute atomic E-state index is 10.2. The molecule has 4 fully saturated rings. The Balaban J connectivity index is 1.53. The summed E-state index contributed by atoms with van der Waals surface area (Å²) in [6.07, 6.45) is 6.54. The van der Waals surface area contributed by atoms with Crippen LogP contribution >= 0.6 is 0 Å². The van der Waals surface area contributed by atoms with E-state index in [2.05, 4.69) is 4.74 Å². The van der Waals surface area contributed by atoms with Crippen molar-refractivity contribution in [3.8, 4) is 0 Å². The van der Waals surface area contributed by atoms with Gasteiger partial charge >= 0.3 is 6.16 Å². The zero-order valence-corrected chi connectivity index (χ0v) is 10.1. The summed E-state index contributed by atoms with van der Waals surface area (Å²) in [5.74, 6) is 2.59. The second kappa shape index (κ2) is 4.16. The Kier molecular flexibility index (Phi) is 2.77. The minimum absolute atomic E-state index is 0.0661. The van der Waals surface area contributed by atoms with E-state index in [0.29, 0.717) is 6.61 Å². The highest BCUT2D eigenvalue weighted by molar-refractivity contribution is 5.56.